The molecule has 0 aliphatic carbocycles. The highest BCUT2D eigenvalue weighted by Gasteiger charge is 2.18. The number of aryl methyl sites for hydroxylation is 1. The van der Waals surface area contributed by atoms with E-state index in [2.05, 4.69) is 15.5 Å². The molecule has 1 atom stereocenters. The molecule has 0 radical (unpaired) electrons. The van der Waals surface area contributed by atoms with E-state index in [9.17, 15) is 4.79 Å². The van der Waals surface area contributed by atoms with Crippen molar-refractivity contribution in [2.45, 2.75) is 12.5 Å². The lowest BCUT2D eigenvalue weighted by Crippen LogP contribution is -2.66. The molecule has 1 rings (SSSR count). The molecule has 72 valence electrons. The maximum atomic E-state index is 11.0. The zero-order valence-corrected chi connectivity index (χ0v) is 7.86. The second-order valence-corrected chi connectivity index (χ2v) is 2.95. The van der Waals surface area contributed by atoms with Crippen LogP contribution in [0.2, 0.25) is 0 Å². The molecule has 5 heteroatoms. The van der Waals surface area contributed by atoms with E-state index in [1.165, 1.54) is 7.11 Å². The molecule has 0 bridgehead atoms. The highest BCUT2D eigenvalue weighted by atomic mass is 16.5. The summed E-state index contributed by atoms with van der Waals surface area (Å²) in [7, 11) is 3.24. The number of rotatable bonds is 3. The fraction of sp³-hybridized carbons (Fsp3) is 0.500. The Bertz CT molecular complexity index is 295. The standard InChI is InChI=1S/C8H13N3O2/c1-11-4-6(10-5-11)3-7(9)8(12)13-2/h4-5,7H,3,9H2,1-2H3/p+1/t7-/m0/s1. The van der Waals surface area contributed by atoms with Crippen LogP contribution in [0.15, 0.2) is 12.5 Å². The molecule has 0 amide bonds. The van der Waals surface area contributed by atoms with Crippen LogP contribution in [-0.2, 0) is 23.0 Å². The van der Waals surface area contributed by atoms with Crippen molar-refractivity contribution in [1.82, 2.24) is 9.55 Å². The molecule has 0 spiro atoms. The van der Waals surface area contributed by atoms with Crippen LogP contribution in [0.4, 0.5) is 0 Å². The summed E-state index contributed by atoms with van der Waals surface area (Å²) in [6.07, 6.45) is 4.08. The number of imidazole rings is 1. The highest BCUT2D eigenvalue weighted by Crippen LogP contribution is 1.98. The van der Waals surface area contributed by atoms with Crippen molar-refractivity contribution >= 4 is 5.97 Å². The Hall–Kier alpha value is -1.36. The lowest BCUT2D eigenvalue weighted by atomic mass is 10.2. The quantitative estimate of drug-likeness (QED) is 0.596. The van der Waals surface area contributed by atoms with Gasteiger partial charge in [0.05, 0.1) is 25.6 Å². The molecule has 0 aromatic carbocycles. The molecule has 0 fully saturated rings. The first-order chi connectivity index (χ1) is 6.13. The molecule has 5 nitrogen and oxygen atoms in total. The van der Waals surface area contributed by atoms with E-state index in [1.807, 2.05) is 17.8 Å². The maximum Gasteiger partial charge on any atom is 0.364 e. The zero-order valence-electron chi connectivity index (χ0n) is 7.86. The molecule has 0 aliphatic heterocycles. The lowest BCUT2D eigenvalue weighted by molar-refractivity contribution is -0.407. The molecule has 0 saturated heterocycles. The first kappa shape index (κ1) is 9.73. The summed E-state index contributed by atoms with van der Waals surface area (Å²) in [6, 6.07) is -0.375. The summed E-state index contributed by atoms with van der Waals surface area (Å²) in [6.45, 7) is 0. The molecular weight excluding hydrogens is 170 g/mol. The fourth-order valence-electron chi connectivity index (χ4n) is 1.07. The number of quaternary nitrogens is 1. The van der Waals surface area contributed by atoms with Gasteiger partial charge < -0.3 is 15.0 Å². The first-order valence-electron chi connectivity index (χ1n) is 4.01. The van der Waals surface area contributed by atoms with Crippen LogP contribution in [-0.4, -0.2) is 28.7 Å². The third-order valence-corrected chi connectivity index (χ3v) is 1.75. The normalized spacial score (nSPS) is 12.5. The van der Waals surface area contributed by atoms with Crippen LogP contribution in [0, 0.1) is 0 Å². The summed E-state index contributed by atoms with van der Waals surface area (Å²) in [5.41, 5.74) is 4.54. The van der Waals surface area contributed by atoms with Crippen molar-refractivity contribution < 1.29 is 15.3 Å². The van der Waals surface area contributed by atoms with Gasteiger partial charge >= 0.3 is 5.97 Å². The van der Waals surface area contributed by atoms with E-state index >= 15 is 0 Å². The Morgan fingerprint density at radius 1 is 1.85 bits per heavy atom. The minimum Gasteiger partial charge on any atom is -0.465 e. The average Bonchev–Trinajstić information content (AvgIpc) is 2.49. The number of nitrogens with zero attached hydrogens (tertiary/aromatic N) is 2. The molecule has 1 heterocycles. The minimum absolute atomic E-state index is 0.300. The van der Waals surface area contributed by atoms with Gasteiger partial charge in [0.1, 0.15) is 0 Å². The van der Waals surface area contributed by atoms with Gasteiger partial charge in [-0.3, -0.25) is 0 Å². The van der Waals surface area contributed by atoms with E-state index < -0.39 is 0 Å². The summed E-state index contributed by atoms with van der Waals surface area (Å²) in [5.74, 6) is -0.300. The smallest absolute Gasteiger partial charge is 0.364 e. The maximum absolute atomic E-state index is 11.0. The third kappa shape index (κ3) is 2.55. The number of hydrogen-bond donors (Lipinski definition) is 1. The number of esters is 1. The molecule has 13 heavy (non-hydrogen) atoms. The van der Waals surface area contributed by atoms with Gasteiger partial charge in [-0.1, -0.05) is 0 Å². The van der Waals surface area contributed by atoms with Crippen LogP contribution in [0.3, 0.4) is 0 Å². The van der Waals surface area contributed by atoms with E-state index in [4.69, 9.17) is 0 Å². The second kappa shape index (κ2) is 4.04. The van der Waals surface area contributed by atoms with Crippen LogP contribution >= 0.6 is 0 Å². The van der Waals surface area contributed by atoms with Gasteiger partial charge in [0.15, 0.2) is 6.04 Å². The van der Waals surface area contributed by atoms with Crippen molar-refractivity contribution in [2.24, 2.45) is 7.05 Å². The van der Waals surface area contributed by atoms with E-state index in [0.717, 1.165) is 5.69 Å². The van der Waals surface area contributed by atoms with Crippen molar-refractivity contribution in [3.63, 3.8) is 0 Å². The van der Waals surface area contributed by atoms with Crippen LogP contribution in [0.5, 0.6) is 0 Å². The van der Waals surface area contributed by atoms with Crippen LogP contribution in [0.25, 0.3) is 0 Å². The predicted molar refractivity (Wildman–Crippen MR) is 45.6 cm³/mol. The number of carbonyl (C=O) groups is 1. The van der Waals surface area contributed by atoms with E-state index in [0.29, 0.717) is 6.42 Å². The minimum atomic E-state index is -0.375. The Balaban J connectivity index is 2.54. The number of aromatic nitrogens is 2. The van der Waals surface area contributed by atoms with Crippen LogP contribution < -0.4 is 5.73 Å². The molecular formula is C8H14N3O2+. The Kier molecular flexibility index (Phi) is 3.02. The van der Waals surface area contributed by atoms with Gasteiger partial charge in [-0.25, -0.2) is 9.78 Å². The lowest BCUT2D eigenvalue weighted by Gasteiger charge is -2.02. The molecule has 0 saturated carbocycles. The molecule has 0 unspecified atom stereocenters. The molecule has 1 aromatic rings. The van der Waals surface area contributed by atoms with Crippen molar-refractivity contribution in [1.29, 1.82) is 0 Å². The predicted octanol–water partition coefficient (Wildman–Crippen LogP) is -1.25. The Morgan fingerprint density at radius 2 is 2.54 bits per heavy atom. The SMILES string of the molecule is COC(=O)[C@@H]([NH3+])Cc1cn(C)cn1. The van der Waals surface area contributed by atoms with Gasteiger partial charge in [0.25, 0.3) is 0 Å². The number of hydrogen-bond acceptors (Lipinski definition) is 3. The van der Waals surface area contributed by atoms with Gasteiger partial charge in [-0.15, -0.1) is 0 Å². The number of carbonyl (C=O) groups excluding carboxylic acids is 1. The van der Waals surface area contributed by atoms with Gasteiger partial charge in [0, 0.05) is 13.2 Å². The first-order valence-corrected chi connectivity index (χ1v) is 4.01. The highest BCUT2D eigenvalue weighted by molar-refractivity contribution is 5.74. The van der Waals surface area contributed by atoms with Crippen LogP contribution in [0.1, 0.15) is 5.69 Å². The molecule has 0 aliphatic rings. The summed E-state index contributed by atoms with van der Waals surface area (Å²) in [4.78, 5) is 15.1. The van der Waals surface area contributed by atoms with Crippen molar-refractivity contribution in [3.8, 4) is 0 Å². The molecule has 1 aromatic heterocycles. The topological polar surface area (TPSA) is 71.8 Å². The van der Waals surface area contributed by atoms with Gasteiger partial charge in [0.2, 0.25) is 0 Å². The van der Waals surface area contributed by atoms with Gasteiger partial charge in [-0.2, -0.15) is 0 Å². The number of methoxy groups -OCH3 is 1. The largest absolute Gasteiger partial charge is 0.465 e. The zero-order chi connectivity index (χ0) is 9.84. The average molecular weight is 184 g/mol. The molecule has 3 N–H and O–H groups in total. The fourth-order valence-corrected chi connectivity index (χ4v) is 1.07. The monoisotopic (exact) mass is 184 g/mol. The van der Waals surface area contributed by atoms with Crippen molar-refractivity contribution in [3.05, 3.63) is 18.2 Å². The Labute approximate surface area is 76.5 Å². The van der Waals surface area contributed by atoms with Crippen molar-refractivity contribution in [2.75, 3.05) is 7.11 Å². The van der Waals surface area contributed by atoms with E-state index in [1.54, 1.807) is 6.33 Å². The van der Waals surface area contributed by atoms with Gasteiger partial charge in [-0.05, 0) is 0 Å². The summed E-state index contributed by atoms with van der Waals surface area (Å²) < 4.78 is 6.39. The number of ether oxygens (including phenoxy) is 1. The summed E-state index contributed by atoms with van der Waals surface area (Å²) in [5, 5.41) is 0. The summed E-state index contributed by atoms with van der Waals surface area (Å²) >= 11 is 0. The van der Waals surface area contributed by atoms with E-state index in [-0.39, 0.29) is 12.0 Å². The second-order valence-electron chi connectivity index (χ2n) is 2.95. The third-order valence-electron chi connectivity index (χ3n) is 1.75. The Morgan fingerprint density at radius 3 is 3.00 bits per heavy atom.